The molecular weight excluding hydrogens is 316 g/mol. The number of halogens is 1. The first-order valence-electron chi connectivity index (χ1n) is 7.95. The number of rotatable bonds is 7. The SMILES string of the molecule is CCOCCCNC(=O)[C@H]1CC(=O)N(c2ccc(C)c(Cl)c2)C1. The van der Waals surface area contributed by atoms with Crippen LogP contribution in [0.2, 0.25) is 5.02 Å². The van der Waals surface area contributed by atoms with E-state index in [1.54, 1.807) is 11.0 Å². The van der Waals surface area contributed by atoms with Crippen LogP contribution in [0.4, 0.5) is 5.69 Å². The maximum Gasteiger partial charge on any atom is 0.227 e. The van der Waals surface area contributed by atoms with Crippen molar-refractivity contribution in [3.63, 3.8) is 0 Å². The van der Waals surface area contributed by atoms with Gasteiger partial charge in [-0.25, -0.2) is 0 Å². The van der Waals surface area contributed by atoms with Crippen molar-refractivity contribution in [3.8, 4) is 0 Å². The lowest BCUT2D eigenvalue weighted by molar-refractivity contribution is -0.126. The van der Waals surface area contributed by atoms with Gasteiger partial charge in [0.25, 0.3) is 0 Å². The highest BCUT2D eigenvalue weighted by Crippen LogP contribution is 2.28. The summed E-state index contributed by atoms with van der Waals surface area (Å²) in [6.07, 6.45) is 1.01. The molecule has 0 radical (unpaired) electrons. The van der Waals surface area contributed by atoms with E-state index in [0.717, 1.165) is 17.7 Å². The first kappa shape index (κ1) is 17.8. The molecule has 0 bridgehead atoms. The molecule has 2 rings (SSSR count). The van der Waals surface area contributed by atoms with E-state index in [9.17, 15) is 9.59 Å². The van der Waals surface area contributed by atoms with Crippen LogP contribution >= 0.6 is 11.6 Å². The average molecular weight is 339 g/mol. The van der Waals surface area contributed by atoms with Crippen LogP contribution in [0.3, 0.4) is 0 Å². The van der Waals surface area contributed by atoms with E-state index in [-0.39, 0.29) is 24.2 Å². The standard InChI is InChI=1S/C17H23ClN2O3/c1-3-23-8-4-7-19-17(22)13-9-16(21)20(11-13)14-6-5-12(2)15(18)10-14/h5-6,10,13H,3-4,7-9,11H2,1-2H3,(H,19,22)/t13-/m0/s1. The Labute approximate surface area is 141 Å². The van der Waals surface area contributed by atoms with Gasteiger partial charge < -0.3 is 15.0 Å². The maximum absolute atomic E-state index is 12.2. The van der Waals surface area contributed by atoms with Gasteiger partial charge in [-0.1, -0.05) is 17.7 Å². The number of hydrogen-bond donors (Lipinski definition) is 1. The molecule has 2 amide bonds. The summed E-state index contributed by atoms with van der Waals surface area (Å²) >= 11 is 6.12. The summed E-state index contributed by atoms with van der Waals surface area (Å²) in [5.41, 5.74) is 1.71. The number of anilines is 1. The van der Waals surface area contributed by atoms with Crippen molar-refractivity contribution in [1.29, 1.82) is 0 Å². The topological polar surface area (TPSA) is 58.6 Å². The third-order valence-electron chi connectivity index (χ3n) is 3.93. The maximum atomic E-state index is 12.2. The normalized spacial score (nSPS) is 17.6. The molecule has 0 aliphatic carbocycles. The van der Waals surface area contributed by atoms with Crippen LogP contribution in [-0.2, 0) is 14.3 Å². The molecule has 0 aromatic heterocycles. The molecule has 1 saturated heterocycles. The Kier molecular flexibility index (Phi) is 6.42. The minimum atomic E-state index is -0.310. The summed E-state index contributed by atoms with van der Waals surface area (Å²) in [4.78, 5) is 26.0. The molecule has 1 heterocycles. The lowest BCUT2D eigenvalue weighted by Gasteiger charge is -2.17. The predicted molar refractivity (Wildman–Crippen MR) is 90.8 cm³/mol. The van der Waals surface area contributed by atoms with Gasteiger partial charge in [0.05, 0.1) is 5.92 Å². The molecule has 1 fully saturated rings. The number of carbonyl (C=O) groups is 2. The van der Waals surface area contributed by atoms with Crippen LogP contribution in [0, 0.1) is 12.8 Å². The minimum Gasteiger partial charge on any atom is -0.382 e. The molecule has 5 nitrogen and oxygen atoms in total. The number of hydrogen-bond acceptors (Lipinski definition) is 3. The third-order valence-corrected chi connectivity index (χ3v) is 4.34. The average Bonchev–Trinajstić information content (AvgIpc) is 2.92. The number of nitrogens with zero attached hydrogens (tertiary/aromatic N) is 1. The van der Waals surface area contributed by atoms with Gasteiger partial charge in [-0.2, -0.15) is 0 Å². The Bertz CT molecular complexity index is 577. The van der Waals surface area contributed by atoms with Gasteiger partial charge in [0.2, 0.25) is 11.8 Å². The molecule has 1 aliphatic heterocycles. The Balaban J connectivity index is 1.89. The summed E-state index contributed by atoms with van der Waals surface area (Å²) in [5, 5.41) is 3.50. The van der Waals surface area contributed by atoms with E-state index in [2.05, 4.69) is 5.32 Å². The van der Waals surface area contributed by atoms with Crippen molar-refractivity contribution < 1.29 is 14.3 Å². The van der Waals surface area contributed by atoms with Crippen LogP contribution in [-0.4, -0.2) is 38.1 Å². The molecule has 0 unspecified atom stereocenters. The minimum absolute atomic E-state index is 0.0422. The van der Waals surface area contributed by atoms with Crippen molar-refractivity contribution in [2.45, 2.75) is 26.7 Å². The number of carbonyl (C=O) groups excluding carboxylic acids is 2. The third kappa shape index (κ3) is 4.69. The molecule has 0 spiro atoms. The zero-order valence-electron chi connectivity index (χ0n) is 13.6. The van der Waals surface area contributed by atoms with Crippen LogP contribution in [0.25, 0.3) is 0 Å². The molecule has 1 aliphatic rings. The molecule has 0 saturated carbocycles. The van der Waals surface area contributed by atoms with E-state index in [1.165, 1.54) is 0 Å². The smallest absolute Gasteiger partial charge is 0.227 e. The lowest BCUT2D eigenvalue weighted by Crippen LogP contribution is -2.33. The number of aryl methyl sites for hydroxylation is 1. The zero-order valence-corrected chi connectivity index (χ0v) is 14.4. The second-order valence-electron chi connectivity index (χ2n) is 5.68. The molecule has 1 atom stereocenters. The molecule has 1 aromatic carbocycles. The van der Waals surface area contributed by atoms with Gasteiger partial charge in [0.1, 0.15) is 0 Å². The van der Waals surface area contributed by atoms with Gasteiger partial charge in [-0.15, -0.1) is 0 Å². The molecule has 1 N–H and O–H groups in total. The van der Waals surface area contributed by atoms with E-state index >= 15 is 0 Å². The second kappa shape index (κ2) is 8.31. The predicted octanol–water partition coefficient (Wildman–Crippen LogP) is 2.54. The van der Waals surface area contributed by atoms with Crippen LogP contribution in [0.5, 0.6) is 0 Å². The zero-order chi connectivity index (χ0) is 16.8. The van der Waals surface area contributed by atoms with Gasteiger partial charge in [-0.05, 0) is 38.0 Å². The number of amides is 2. The summed E-state index contributed by atoms with van der Waals surface area (Å²) < 4.78 is 5.23. The number of ether oxygens (including phenoxy) is 1. The number of benzene rings is 1. The largest absolute Gasteiger partial charge is 0.382 e. The molecule has 23 heavy (non-hydrogen) atoms. The van der Waals surface area contributed by atoms with Gasteiger partial charge in [-0.3, -0.25) is 9.59 Å². The quantitative estimate of drug-likeness (QED) is 0.777. The number of nitrogens with one attached hydrogen (secondary N) is 1. The van der Waals surface area contributed by atoms with Crippen molar-refractivity contribution in [3.05, 3.63) is 28.8 Å². The highest BCUT2D eigenvalue weighted by molar-refractivity contribution is 6.31. The summed E-state index contributed by atoms with van der Waals surface area (Å²) in [6.45, 7) is 6.13. The Morgan fingerprint density at radius 3 is 2.96 bits per heavy atom. The van der Waals surface area contributed by atoms with Gasteiger partial charge in [0, 0.05) is 43.4 Å². The van der Waals surface area contributed by atoms with Crippen LogP contribution in [0.15, 0.2) is 18.2 Å². The lowest BCUT2D eigenvalue weighted by atomic mass is 10.1. The van der Waals surface area contributed by atoms with Gasteiger partial charge >= 0.3 is 0 Å². The Morgan fingerprint density at radius 2 is 2.26 bits per heavy atom. The first-order chi connectivity index (χ1) is 11.0. The Hall–Kier alpha value is -1.59. The fourth-order valence-corrected chi connectivity index (χ4v) is 2.73. The van der Waals surface area contributed by atoms with E-state index in [4.69, 9.17) is 16.3 Å². The van der Waals surface area contributed by atoms with E-state index in [1.807, 2.05) is 26.0 Å². The van der Waals surface area contributed by atoms with Crippen molar-refractivity contribution in [2.24, 2.45) is 5.92 Å². The first-order valence-corrected chi connectivity index (χ1v) is 8.32. The molecule has 126 valence electrons. The van der Waals surface area contributed by atoms with Crippen molar-refractivity contribution in [1.82, 2.24) is 5.32 Å². The molecular formula is C17H23ClN2O3. The molecule has 1 aromatic rings. The molecule has 6 heteroatoms. The van der Waals surface area contributed by atoms with Crippen molar-refractivity contribution in [2.75, 3.05) is 31.2 Å². The fourth-order valence-electron chi connectivity index (χ4n) is 2.56. The summed E-state index contributed by atoms with van der Waals surface area (Å²) in [7, 11) is 0. The van der Waals surface area contributed by atoms with Gasteiger partial charge in [0.15, 0.2) is 0 Å². The highest BCUT2D eigenvalue weighted by atomic mass is 35.5. The Morgan fingerprint density at radius 1 is 1.48 bits per heavy atom. The monoisotopic (exact) mass is 338 g/mol. The summed E-state index contributed by atoms with van der Waals surface area (Å²) in [6, 6.07) is 5.52. The fraction of sp³-hybridized carbons (Fsp3) is 0.529. The summed E-state index contributed by atoms with van der Waals surface area (Å²) in [5.74, 6) is -0.426. The van der Waals surface area contributed by atoms with Crippen molar-refractivity contribution >= 4 is 29.1 Å². The van der Waals surface area contributed by atoms with E-state index < -0.39 is 0 Å². The van der Waals surface area contributed by atoms with E-state index in [0.29, 0.717) is 31.3 Å². The highest BCUT2D eigenvalue weighted by Gasteiger charge is 2.35. The van der Waals surface area contributed by atoms with Crippen LogP contribution < -0.4 is 10.2 Å². The second-order valence-corrected chi connectivity index (χ2v) is 6.09. The van der Waals surface area contributed by atoms with Crippen LogP contribution in [0.1, 0.15) is 25.3 Å².